The van der Waals surface area contributed by atoms with Gasteiger partial charge in [-0.2, -0.15) is 0 Å². The van der Waals surface area contributed by atoms with Crippen molar-refractivity contribution < 1.29 is 27.9 Å². The monoisotopic (exact) mass is 630 g/mol. The summed E-state index contributed by atoms with van der Waals surface area (Å²) in [5, 5.41) is 5.26. The molecule has 246 valence electrons. The Morgan fingerprint density at radius 2 is 1.76 bits per heavy atom. The Kier molecular flexibility index (Phi) is 7.98. The number of benzene rings is 1. The highest BCUT2D eigenvalue weighted by molar-refractivity contribution is 6.00. The second-order valence-corrected chi connectivity index (χ2v) is 14.5. The standard InChI is InChI=1S/C32H44F2N6O5/c1-30(2,3)45-28(43)35-21-7-5-20(6-8-21)16-38-14-13-31(32(33,34)19-38)17-39(18-31)22-9-10-23-25(15-22)37(4)29(44)40(23)24-11-12-26(41)36-27(24)42/h9-10,15,20-21,24H,5-8,11-14,16-19H2,1-4H3,(H,35,43)(H,36,41,42). The number of ether oxygens (including phenoxy) is 1. The van der Waals surface area contributed by atoms with Gasteiger partial charge < -0.3 is 15.0 Å². The first-order valence-corrected chi connectivity index (χ1v) is 16.0. The smallest absolute Gasteiger partial charge is 0.407 e. The molecule has 1 spiro atoms. The highest BCUT2D eigenvalue weighted by atomic mass is 19.3. The Bertz CT molecular complexity index is 1550. The lowest BCUT2D eigenvalue weighted by Crippen LogP contribution is -2.70. The van der Waals surface area contributed by atoms with Gasteiger partial charge in [0.15, 0.2) is 0 Å². The van der Waals surface area contributed by atoms with Crippen LogP contribution in [0.25, 0.3) is 11.0 Å². The SMILES string of the molecule is Cn1c(=O)n(C2CCC(=O)NC2=O)c2ccc(N3CC4(CCN(CC5CCC(NC(=O)OC(C)(C)C)CC5)CC4(F)F)C3)cc21. The fraction of sp³-hybridized carbons (Fsp3) is 0.688. The summed E-state index contributed by atoms with van der Waals surface area (Å²) in [5.74, 6) is -3.34. The zero-order chi connectivity index (χ0) is 32.3. The first kappa shape index (κ1) is 31.5. The number of anilines is 1. The number of nitrogens with zero attached hydrogens (tertiary/aromatic N) is 4. The van der Waals surface area contributed by atoms with E-state index in [0.29, 0.717) is 36.5 Å². The molecular weight excluding hydrogens is 586 g/mol. The summed E-state index contributed by atoms with van der Waals surface area (Å²) >= 11 is 0. The van der Waals surface area contributed by atoms with Crippen LogP contribution in [0.4, 0.5) is 19.3 Å². The summed E-state index contributed by atoms with van der Waals surface area (Å²) in [6, 6.07) is 4.69. The van der Waals surface area contributed by atoms with Crippen molar-refractivity contribution in [2.75, 3.05) is 37.6 Å². The number of halogens is 2. The van der Waals surface area contributed by atoms with Crippen molar-refractivity contribution in [3.63, 3.8) is 0 Å². The van der Waals surface area contributed by atoms with E-state index in [1.807, 2.05) is 42.7 Å². The fourth-order valence-corrected chi connectivity index (χ4v) is 7.60. The van der Waals surface area contributed by atoms with Crippen LogP contribution in [0, 0.1) is 11.3 Å². The Morgan fingerprint density at radius 1 is 1.04 bits per heavy atom. The number of rotatable bonds is 5. The molecule has 11 nitrogen and oxygen atoms in total. The maximum absolute atomic E-state index is 15.7. The van der Waals surface area contributed by atoms with Gasteiger partial charge in [0.2, 0.25) is 11.8 Å². The van der Waals surface area contributed by atoms with Gasteiger partial charge in [-0.1, -0.05) is 0 Å². The molecule has 45 heavy (non-hydrogen) atoms. The van der Waals surface area contributed by atoms with Crippen LogP contribution in [-0.4, -0.2) is 82.2 Å². The van der Waals surface area contributed by atoms with Crippen LogP contribution >= 0.6 is 0 Å². The van der Waals surface area contributed by atoms with E-state index in [4.69, 9.17) is 4.74 Å². The predicted molar refractivity (Wildman–Crippen MR) is 164 cm³/mol. The molecule has 3 aliphatic heterocycles. The first-order valence-electron chi connectivity index (χ1n) is 16.0. The number of nitrogens with one attached hydrogen (secondary N) is 2. The Hall–Kier alpha value is -3.48. The van der Waals surface area contributed by atoms with Gasteiger partial charge in [-0.05, 0) is 90.0 Å². The number of imidazole rings is 1. The summed E-state index contributed by atoms with van der Waals surface area (Å²) < 4.78 is 39.7. The van der Waals surface area contributed by atoms with E-state index >= 15 is 8.78 Å². The maximum atomic E-state index is 15.7. The van der Waals surface area contributed by atoms with Crippen molar-refractivity contribution in [2.24, 2.45) is 18.4 Å². The molecule has 1 atom stereocenters. The minimum Gasteiger partial charge on any atom is -0.444 e. The van der Waals surface area contributed by atoms with Gasteiger partial charge in [-0.3, -0.25) is 28.9 Å². The minimum atomic E-state index is -2.83. The summed E-state index contributed by atoms with van der Waals surface area (Å²) in [6.07, 6.45) is 3.83. The summed E-state index contributed by atoms with van der Waals surface area (Å²) in [7, 11) is 1.63. The second-order valence-electron chi connectivity index (χ2n) is 14.5. The number of imide groups is 1. The predicted octanol–water partition coefficient (Wildman–Crippen LogP) is 3.55. The number of carbonyl (C=O) groups excluding carboxylic acids is 3. The van der Waals surface area contributed by atoms with Gasteiger partial charge in [0.1, 0.15) is 11.6 Å². The van der Waals surface area contributed by atoms with E-state index < -0.39 is 35.0 Å². The van der Waals surface area contributed by atoms with Crippen LogP contribution in [0.3, 0.4) is 0 Å². The van der Waals surface area contributed by atoms with Crippen molar-refractivity contribution in [2.45, 2.75) is 89.3 Å². The summed E-state index contributed by atoms with van der Waals surface area (Å²) in [6.45, 7) is 6.99. The first-order chi connectivity index (χ1) is 21.1. The number of amides is 3. The molecule has 1 unspecified atom stereocenters. The molecule has 1 aliphatic carbocycles. The summed E-state index contributed by atoms with van der Waals surface area (Å²) in [4.78, 5) is 53.2. The molecule has 4 heterocycles. The molecule has 0 bridgehead atoms. The average molecular weight is 631 g/mol. The number of fused-ring (bicyclic) bond motifs is 1. The third-order valence-electron chi connectivity index (χ3n) is 10.1. The van der Waals surface area contributed by atoms with E-state index in [0.717, 1.165) is 31.4 Å². The number of hydrogen-bond acceptors (Lipinski definition) is 7. The van der Waals surface area contributed by atoms with Gasteiger partial charge >= 0.3 is 11.8 Å². The third kappa shape index (κ3) is 6.07. The Labute approximate surface area is 261 Å². The molecule has 3 saturated heterocycles. The number of aryl methyl sites for hydroxylation is 1. The lowest BCUT2D eigenvalue weighted by Gasteiger charge is -2.58. The maximum Gasteiger partial charge on any atom is 0.407 e. The van der Waals surface area contributed by atoms with Crippen LogP contribution < -0.4 is 21.2 Å². The van der Waals surface area contributed by atoms with Gasteiger partial charge in [0.05, 0.1) is 23.0 Å². The van der Waals surface area contributed by atoms with Crippen LogP contribution in [-0.2, 0) is 21.4 Å². The topological polar surface area (TPSA) is 118 Å². The molecular formula is C32H44F2N6O5. The van der Waals surface area contributed by atoms with E-state index in [-0.39, 0.29) is 50.1 Å². The highest BCUT2D eigenvalue weighted by Crippen LogP contribution is 2.51. The van der Waals surface area contributed by atoms with Crippen LogP contribution in [0.1, 0.15) is 71.8 Å². The molecule has 1 aromatic carbocycles. The number of likely N-dealkylation sites (tertiary alicyclic amines) is 1. The fourth-order valence-electron chi connectivity index (χ4n) is 7.60. The van der Waals surface area contributed by atoms with E-state index in [1.165, 1.54) is 9.13 Å². The van der Waals surface area contributed by atoms with Crippen molar-refractivity contribution in [1.29, 1.82) is 0 Å². The number of hydrogen-bond donors (Lipinski definition) is 2. The Morgan fingerprint density at radius 3 is 2.40 bits per heavy atom. The second kappa shape index (κ2) is 11.4. The van der Waals surface area contributed by atoms with Crippen LogP contribution in [0.15, 0.2) is 23.0 Å². The highest BCUT2D eigenvalue weighted by Gasteiger charge is 2.62. The van der Waals surface area contributed by atoms with Crippen molar-refractivity contribution in [3.8, 4) is 0 Å². The normalized spacial score (nSPS) is 26.9. The van der Waals surface area contributed by atoms with Crippen molar-refractivity contribution in [1.82, 2.24) is 24.7 Å². The summed E-state index contributed by atoms with van der Waals surface area (Å²) in [5.41, 5.74) is -0.0414. The molecule has 6 rings (SSSR count). The number of piperidine rings is 2. The van der Waals surface area contributed by atoms with Crippen LogP contribution in [0.2, 0.25) is 0 Å². The van der Waals surface area contributed by atoms with Gasteiger partial charge in [0.25, 0.3) is 5.92 Å². The number of alkyl carbamates (subject to hydrolysis) is 1. The molecule has 13 heteroatoms. The largest absolute Gasteiger partial charge is 0.444 e. The minimum absolute atomic E-state index is 0.0563. The van der Waals surface area contributed by atoms with E-state index in [9.17, 15) is 19.2 Å². The number of aromatic nitrogens is 2. The van der Waals surface area contributed by atoms with Gasteiger partial charge in [-0.25, -0.2) is 18.4 Å². The number of alkyl halides is 2. The molecule has 3 amide bonds. The molecule has 0 radical (unpaired) electrons. The van der Waals surface area contributed by atoms with Crippen molar-refractivity contribution in [3.05, 3.63) is 28.7 Å². The van der Waals surface area contributed by atoms with E-state index in [1.54, 1.807) is 13.1 Å². The van der Waals surface area contributed by atoms with Crippen LogP contribution in [0.5, 0.6) is 0 Å². The molecule has 2 aromatic rings. The van der Waals surface area contributed by atoms with Crippen molar-refractivity contribution >= 4 is 34.6 Å². The molecule has 4 fully saturated rings. The molecule has 4 aliphatic rings. The number of carbonyl (C=O) groups is 3. The molecule has 1 aromatic heterocycles. The lowest BCUT2D eigenvalue weighted by molar-refractivity contribution is -0.181. The Balaban J connectivity index is 1.04. The lowest BCUT2D eigenvalue weighted by atomic mass is 9.68. The average Bonchev–Trinajstić information content (AvgIpc) is 3.16. The van der Waals surface area contributed by atoms with Gasteiger partial charge in [-0.15, -0.1) is 0 Å². The quantitative estimate of drug-likeness (QED) is 0.486. The van der Waals surface area contributed by atoms with Gasteiger partial charge in [0, 0.05) is 44.8 Å². The third-order valence-corrected chi connectivity index (χ3v) is 10.1. The zero-order valence-corrected chi connectivity index (χ0v) is 26.5. The molecule has 1 saturated carbocycles. The molecule has 2 N–H and O–H groups in total. The zero-order valence-electron chi connectivity index (χ0n) is 26.5. The van der Waals surface area contributed by atoms with E-state index in [2.05, 4.69) is 10.6 Å².